The van der Waals surface area contributed by atoms with Crippen LogP contribution in [0.15, 0.2) is 71.2 Å². The summed E-state index contributed by atoms with van der Waals surface area (Å²) in [5, 5.41) is 0. The topological polar surface area (TPSA) is 0 Å². The van der Waals surface area contributed by atoms with E-state index in [1.165, 1.54) is 11.1 Å². The summed E-state index contributed by atoms with van der Waals surface area (Å²) < 4.78 is 0. The zero-order chi connectivity index (χ0) is 9.64. The third kappa shape index (κ3) is 2.37. The number of hydrogen-bond donors (Lipinski definition) is 0. The summed E-state index contributed by atoms with van der Waals surface area (Å²) in [6, 6.07) is 0. The Labute approximate surface area is 84.6 Å². The van der Waals surface area contributed by atoms with Crippen LogP contribution in [0.1, 0.15) is 12.8 Å². The van der Waals surface area contributed by atoms with Crippen LogP contribution in [-0.2, 0) is 0 Å². The molecule has 0 spiro atoms. The minimum atomic E-state index is 1.01. The van der Waals surface area contributed by atoms with Crippen molar-refractivity contribution in [1.82, 2.24) is 0 Å². The van der Waals surface area contributed by atoms with Crippen LogP contribution in [0.5, 0.6) is 0 Å². The van der Waals surface area contributed by atoms with Gasteiger partial charge in [-0.1, -0.05) is 29.9 Å². The Kier molecular flexibility index (Phi) is 2.83. The molecule has 68 valence electrons. The van der Waals surface area contributed by atoms with Gasteiger partial charge in [-0.25, -0.2) is 0 Å². The fraction of sp³-hybridized carbons (Fsp3) is 0.143. The normalized spacial score (nSPS) is 18.0. The highest BCUT2D eigenvalue weighted by Crippen LogP contribution is 2.18. The predicted octanol–water partition coefficient (Wildman–Crippen LogP) is 3.63. The second kappa shape index (κ2) is 4.48. The molecule has 0 aliphatic heterocycles. The van der Waals surface area contributed by atoms with Crippen molar-refractivity contribution in [1.29, 1.82) is 0 Å². The Morgan fingerprint density at radius 2 is 2.07 bits per heavy atom. The maximum atomic E-state index is 3.12. The highest BCUT2D eigenvalue weighted by atomic mass is 14.0. The van der Waals surface area contributed by atoms with Gasteiger partial charge in [0.1, 0.15) is 0 Å². The summed E-state index contributed by atoms with van der Waals surface area (Å²) in [6.45, 7) is 0. The zero-order valence-corrected chi connectivity index (χ0v) is 8.03. The Hall–Kier alpha value is -1.74. The van der Waals surface area contributed by atoms with Gasteiger partial charge in [0.2, 0.25) is 0 Å². The van der Waals surface area contributed by atoms with Crippen molar-refractivity contribution in [3.05, 3.63) is 71.2 Å². The molecule has 14 heavy (non-hydrogen) atoms. The molecule has 0 nitrogen and oxygen atoms in total. The molecule has 0 radical (unpaired) electrons. The molecule has 0 aromatic carbocycles. The Morgan fingerprint density at radius 3 is 2.93 bits per heavy atom. The monoisotopic (exact) mass is 180 g/mol. The molecule has 2 aliphatic carbocycles. The lowest BCUT2D eigenvalue weighted by atomic mass is 10.00. The van der Waals surface area contributed by atoms with Gasteiger partial charge in [0, 0.05) is 0 Å². The van der Waals surface area contributed by atoms with E-state index in [4.69, 9.17) is 0 Å². The van der Waals surface area contributed by atoms with E-state index in [9.17, 15) is 0 Å². The van der Waals surface area contributed by atoms with E-state index in [0.717, 1.165) is 12.8 Å². The highest BCUT2D eigenvalue weighted by Gasteiger charge is 1.99. The van der Waals surface area contributed by atoms with Crippen LogP contribution in [0.4, 0.5) is 0 Å². The molecule has 0 aromatic rings. The van der Waals surface area contributed by atoms with E-state index in [1.807, 2.05) is 24.3 Å². The van der Waals surface area contributed by atoms with Crippen LogP contribution >= 0.6 is 0 Å². The zero-order valence-electron chi connectivity index (χ0n) is 8.03. The van der Waals surface area contributed by atoms with E-state index in [0.29, 0.717) is 0 Å². The van der Waals surface area contributed by atoms with Gasteiger partial charge in [-0.2, -0.15) is 0 Å². The molecule has 0 bridgehead atoms. The fourth-order valence-corrected chi connectivity index (χ4v) is 1.49. The maximum Gasteiger partial charge on any atom is -0.00543 e. The molecule has 0 fully saturated rings. The molecule has 0 heteroatoms. The smallest absolute Gasteiger partial charge is 0.00543 e. The summed E-state index contributed by atoms with van der Waals surface area (Å²) in [7, 11) is 0. The minimum Gasteiger partial charge on any atom is -0.125 e. The second-order valence-corrected chi connectivity index (χ2v) is 3.35. The van der Waals surface area contributed by atoms with Crippen LogP contribution in [0, 0.1) is 0 Å². The lowest BCUT2D eigenvalue weighted by Gasteiger charge is -2.05. The molecule has 0 atom stereocenters. The first-order valence-electron chi connectivity index (χ1n) is 4.82. The van der Waals surface area contributed by atoms with Crippen molar-refractivity contribution < 1.29 is 0 Å². The van der Waals surface area contributed by atoms with Gasteiger partial charge < -0.3 is 0 Å². The maximum absolute atomic E-state index is 3.12. The van der Waals surface area contributed by atoms with Gasteiger partial charge in [0.25, 0.3) is 0 Å². The van der Waals surface area contributed by atoms with Gasteiger partial charge in [0.15, 0.2) is 0 Å². The largest absolute Gasteiger partial charge is 0.125 e. The third-order valence-corrected chi connectivity index (χ3v) is 2.21. The van der Waals surface area contributed by atoms with E-state index in [1.54, 1.807) is 0 Å². The van der Waals surface area contributed by atoms with Crippen LogP contribution in [0.2, 0.25) is 0 Å². The predicted molar refractivity (Wildman–Crippen MR) is 59.8 cm³/mol. The summed E-state index contributed by atoms with van der Waals surface area (Å²) in [5.41, 5.74) is 8.93. The van der Waals surface area contributed by atoms with E-state index in [2.05, 4.69) is 35.8 Å². The number of rotatable bonds is 2. The molecule has 0 N–H and O–H groups in total. The number of hydrogen-bond acceptors (Lipinski definition) is 0. The number of allylic oxidation sites excluding steroid dienone is 8. The Bertz CT molecular complexity index is 427. The van der Waals surface area contributed by atoms with Gasteiger partial charge >= 0.3 is 0 Å². The first-order valence-corrected chi connectivity index (χ1v) is 4.82. The average Bonchev–Trinajstić information content (AvgIpc) is 2.48. The van der Waals surface area contributed by atoms with Crippen molar-refractivity contribution in [2.75, 3.05) is 0 Å². The minimum absolute atomic E-state index is 1.01. The van der Waals surface area contributed by atoms with Gasteiger partial charge in [-0.05, 0) is 42.7 Å². The first-order chi connectivity index (χ1) is 6.95. The SMILES string of the molecule is C1=CC=C(CC2=CC=CC=C=C2)CC=1. The van der Waals surface area contributed by atoms with E-state index >= 15 is 0 Å². The molecule has 0 unspecified atom stereocenters. The van der Waals surface area contributed by atoms with Crippen LogP contribution in [0.3, 0.4) is 0 Å². The summed E-state index contributed by atoms with van der Waals surface area (Å²) in [5.74, 6) is 0. The van der Waals surface area contributed by atoms with Crippen LogP contribution in [0.25, 0.3) is 0 Å². The van der Waals surface area contributed by atoms with Crippen molar-refractivity contribution in [3.63, 3.8) is 0 Å². The van der Waals surface area contributed by atoms with Gasteiger partial charge in [-0.3, -0.25) is 0 Å². The van der Waals surface area contributed by atoms with E-state index in [-0.39, 0.29) is 0 Å². The Balaban J connectivity index is 2.08. The van der Waals surface area contributed by atoms with Crippen molar-refractivity contribution >= 4 is 0 Å². The first kappa shape index (κ1) is 8.84. The quantitative estimate of drug-likeness (QED) is 0.569. The molecule has 2 aliphatic rings. The standard InChI is InChI=1S/C14H12/c1-2-5-9-13(8-4-1)12-14-10-6-3-7-11-14/h1-2,4,6-10H,11-12H2. The molecular weight excluding hydrogens is 168 g/mol. The van der Waals surface area contributed by atoms with Crippen molar-refractivity contribution in [2.45, 2.75) is 12.8 Å². The molecule has 0 saturated carbocycles. The van der Waals surface area contributed by atoms with Crippen molar-refractivity contribution in [2.24, 2.45) is 0 Å². The second-order valence-electron chi connectivity index (χ2n) is 3.35. The lowest BCUT2D eigenvalue weighted by molar-refractivity contribution is 1.07. The fourth-order valence-electron chi connectivity index (χ4n) is 1.49. The van der Waals surface area contributed by atoms with Gasteiger partial charge in [0.05, 0.1) is 0 Å². The Morgan fingerprint density at radius 1 is 1.07 bits per heavy atom. The molecule has 2 rings (SSSR count). The summed E-state index contributed by atoms with van der Waals surface area (Å²) >= 11 is 0. The highest BCUT2D eigenvalue weighted by molar-refractivity contribution is 5.34. The molecule has 0 heterocycles. The summed E-state index contributed by atoms with van der Waals surface area (Å²) in [4.78, 5) is 0. The van der Waals surface area contributed by atoms with Crippen molar-refractivity contribution in [3.8, 4) is 0 Å². The molecular formula is C14H12. The molecule has 0 amide bonds. The van der Waals surface area contributed by atoms with E-state index < -0.39 is 0 Å². The lowest BCUT2D eigenvalue weighted by Crippen LogP contribution is -1.86. The van der Waals surface area contributed by atoms with Gasteiger partial charge in [-0.15, -0.1) is 11.5 Å². The molecule has 0 saturated heterocycles. The van der Waals surface area contributed by atoms with Crippen LogP contribution < -0.4 is 0 Å². The molecule has 0 aromatic heterocycles. The third-order valence-electron chi connectivity index (χ3n) is 2.21. The average molecular weight is 180 g/mol. The van der Waals surface area contributed by atoms with Crippen LogP contribution in [-0.4, -0.2) is 0 Å². The summed E-state index contributed by atoms with van der Waals surface area (Å²) in [6.07, 6.45) is 18.4.